The van der Waals surface area contributed by atoms with Crippen LogP contribution in [0.25, 0.3) is 0 Å². The predicted octanol–water partition coefficient (Wildman–Crippen LogP) is 4.61. The standard InChI is InChI=1S/C24H21F6N5O3/c1-13(15-6-7-17(31-11-15)22(37)38-2)32-20(36)18-19(24(28,29)30)33-35-9-8-34(21(18)35)12-14-4-3-5-16(10-14)23(25,26)27/h3-7,10-11,13H,8-9,12H2,1-2H3,(H,32,36)/t13-/m0/s1. The summed E-state index contributed by atoms with van der Waals surface area (Å²) in [5.74, 6) is -1.89. The number of halogens is 6. The number of aromatic nitrogens is 3. The van der Waals surface area contributed by atoms with Crippen LogP contribution in [0.3, 0.4) is 0 Å². The Morgan fingerprint density at radius 3 is 2.42 bits per heavy atom. The van der Waals surface area contributed by atoms with E-state index in [1.165, 1.54) is 49.4 Å². The van der Waals surface area contributed by atoms with Crippen LogP contribution in [-0.4, -0.2) is 40.3 Å². The van der Waals surface area contributed by atoms with Crippen molar-refractivity contribution >= 4 is 17.7 Å². The summed E-state index contributed by atoms with van der Waals surface area (Å²) >= 11 is 0. The Labute approximate surface area is 212 Å². The van der Waals surface area contributed by atoms with E-state index in [0.29, 0.717) is 5.56 Å². The molecular weight excluding hydrogens is 520 g/mol. The molecule has 1 N–H and O–H groups in total. The number of hydrogen-bond donors (Lipinski definition) is 1. The molecule has 0 unspecified atom stereocenters. The lowest BCUT2D eigenvalue weighted by molar-refractivity contribution is -0.142. The van der Waals surface area contributed by atoms with Gasteiger partial charge in [0, 0.05) is 19.3 Å². The number of rotatable bonds is 6. The van der Waals surface area contributed by atoms with Gasteiger partial charge in [-0.1, -0.05) is 18.2 Å². The molecular formula is C24H21F6N5O3. The van der Waals surface area contributed by atoms with Crippen molar-refractivity contribution in [1.82, 2.24) is 20.1 Å². The van der Waals surface area contributed by atoms with Crippen molar-refractivity contribution in [1.29, 1.82) is 0 Å². The average Bonchev–Trinajstić information content (AvgIpc) is 3.43. The van der Waals surface area contributed by atoms with Crippen molar-refractivity contribution in [3.63, 3.8) is 0 Å². The van der Waals surface area contributed by atoms with Gasteiger partial charge in [-0.2, -0.15) is 31.4 Å². The Balaban J connectivity index is 1.63. The maximum atomic E-state index is 13.9. The molecule has 8 nitrogen and oxygen atoms in total. The number of carbonyl (C=O) groups is 2. The first kappa shape index (κ1) is 26.9. The fourth-order valence-corrected chi connectivity index (χ4v) is 4.12. The minimum atomic E-state index is -4.96. The predicted molar refractivity (Wildman–Crippen MR) is 121 cm³/mol. The van der Waals surface area contributed by atoms with E-state index in [1.807, 2.05) is 0 Å². The minimum absolute atomic E-state index is 0.00817. The molecule has 0 fully saturated rings. The molecule has 1 aromatic carbocycles. The van der Waals surface area contributed by atoms with Crippen LogP contribution in [0.15, 0.2) is 42.6 Å². The zero-order valence-corrected chi connectivity index (χ0v) is 20.0. The Kier molecular flexibility index (Phi) is 7.08. The number of hydrogen-bond acceptors (Lipinski definition) is 6. The third-order valence-electron chi connectivity index (χ3n) is 5.96. The molecule has 0 spiro atoms. The number of anilines is 1. The van der Waals surface area contributed by atoms with E-state index in [2.05, 4.69) is 20.1 Å². The second-order valence-electron chi connectivity index (χ2n) is 8.55. The minimum Gasteiger partial charge on any atom is -0.464 e. The lowest BCUT2D eigenvalue weighted by atomic mass is 10.1. The van der Waals surface area contributed by atoms with Gasteiger partial charge >= 0.3 is 18.3 Å². The first-order valence-electron chi connectivity index (χ1n) is 11.2. The van der Waals surface area contributed by atoms with Gasteiger partial charge in [0.15, 0.2) is 5.69 Å². The van der Waals surface area contributed by atoms with Crippen LogP contribution in [0.4, 0.5) is 32.2 Å². The summed E-state index contributed by atoms with van der Waals surface area (Å²) < 4.78 is 86.6. The molecule has 3 aromatic rings. The Hall–Kier alpha value is -4.10. The molecule has 1 atom stereocenters. The number of pyridine rings is 1. The molecule has 1 amide bonds. The Bertz CT molecular complexity index is 1350. The highest BCUT2D eigenvalue weighted by Gasteiger charge is 2.44. The second-order valence-corrected chi connectivity index (χ2v) is 8.55. The molecule has 1 aliphatic rings. The molecule has 202 valence electrons. The molecule has 0 radical (unpaired) electrons. The third kappa shape index (κ3) is 5.43. The van der Waals surface area contributed by atoms with Crippen LogP contribution in [0.2, 0.25) is 0 Å². The largest absolute Gasteiger partial charge is 0.464 e. The highest BCUT2D eigenvalue weighted by atomic mass is 19.4. The first-order chi connectivity index (χ1) is 17.8. The van der Waals surface area contributed by atoms with E-state index in [0.717, 1.165) is 16.8 Å². The zero-order valence-electron chi connectivity index (χ0n) is 20.0. The van der Waals surface area contributed by atoms with Crippen molar-refractivity contribution < 1.29 is 40.7 Å². The lowest BCUT2D eigenvalue weighted by Gasteiger charge is -2.21. The van der Waals surface area contributed by atoms with Gasteiger partial charge in [-0.05, 0) is 36.2 Å². The maximum Gasteiger partial charge on any atom is 0.436 e. The van der Waals surface area contributed by atoms with Gasteiger partial charge in [0.2, 0.25) is 0 Å². The number of nitrogens with zero attached hydrogens (tertiary/aromatic N) is 4. The molecule has 0 aliphatic carbocycles. The number of benzene rings is 1. The number of methoxy groups -OCH3 is 1. The topological polar surface area (TPSA) is 89.3 Å². The molecule has 0 saturated heterocycles. The third-order valence-corrected chi connectivity index (χ3v) is 5.96. The van der Waals surface area contributed by atoms with E-state index < -0.39 is 47.1 Å². The van der Waals surface area contributed by atoms with Crippen LogP contribution in [0.5, 0.6) is 0 Å². The van der Waals surface area contributed by atoms with E-state index in [4.69, 9.17) is 0 Å². The van der Waals surface area contributed by atoms with Gasteiger partial charge in [0.1, 0.15) is 17.1 Å². The molecule has 0 bridgehead atoms. The van der Waals surface area contributed by atoms with Crippen molar-refractivity contribution in [2.45, 2.75) is 38.4 Å². The average molecular weight is 541 g/mol. The Morgan fingerprint density at radius 2 is 1.82 bits per heavy atom. The lowest BCUT2D eigenvalue weighted by Crippen LogP contribution is -2.31. The summed E-state index contributed by atoms with van der Waals surface area (Å²) in [4.78, 5) is 30.1. The fraction of sp³-hybridized carbons (Fsp3) is 0.333. The van der Waals surface area contributed by atoms with E-state index in [1.54, 1.807) is 0 Å². The molecule has 14 heteroatoms. The summed E-state index contributed by atoms with van der Waals surface area (Å²) in [7, 11) is 1.18. The van der Waals surface area contributed by atoms with Gasteiger partial charge < -0.3 is 15.0 Å². The number of fused-ring (bicyclic) bond motifs is 1. The van der Waals surface area contributed by atoms with Crippen LogP contribution in [0, 0.1) is 0 Å². The summed E-state index contributed by atoms with van der Waals surface area (Å²) in [6, 6.07) is 6.45. The van der Waals surface area contributed by atoms with E-state index in [9.17, 15) is 35.9 Å². The maximum absolute atomic E-state index is 13.9. The van der Waals surface area contributed by atoms with Crippen molar-refractivity contribution in [2.75, 3.05) is 18.6 Å². The van der Waals surface area contributed by atoms with Crippen LogP contribution >= 0.6 is 0 Å². The highest BCUT2D eigenvalue weighted by molar-refractivity contribution is 6.01. The van der Waals surface area contributed by atoms with Crippen molar-refractivity contribution in [2.24, 2.45) is 0 Å². The molecule has 3 heterocycles. The van der Waals surface area contributed by atoms with Crippen molar-refractivity contribution in [3.05, 3.63) is 76.2 Å². The number of nitrogens with one attached hydrogen (secondary N) is 1. The van der Waals surface area contributed by atoms with Crippen molar-refractivity contribution in [3.8, 4) is 0 Å². The number of carbonyl (C=O) groups excluding carboxylic acids is 2. The van der Waals surface area contributed by atoms with Gasteiger partial charge in [-0.15, -0.1) is 0 Å². The molecule has 4 rings (SSSR count). The van der Waals surface area contributed by atoms with Crippen LogP contribution in [-0.2, 0) is 30.2 Å². The SMILES string of the molecule is COC(=O)c1ccc([C@H](C)NC(=O)c2c(C(F)(F)F)nn3c2N(Cc2cccc(C(F)(F)F)c2)CC3)cn1. The van der Waals surface area contributed by atoms with Crippen LogP contribution in [0.1, 0.15) is 56.2 Å². The number of alkyl halides is 6. The van der Waals surface area contributed by atoms with Gasteiger partial charge in [0.25, 0.3) is 5.91 Å². The van der Waals surface area contributed by atoms with E-state index >= 15 is 0 Å². The molecule has 0 saturated carbocycles. The van der Waals surface area contributed by atoms with Crippen LogP contribution < -0.4 is 10.2 Å². The number of ether oxygens (including phenoxy) is 1. The number of esters is 1. The Morgan fingerprint density at radius 1 is 1.08 bits per heavy atom. The second kappa shape index (κ2) is 9.99. The first-order valence-corrected chi connectivity index (χ1v) is 11.2. The highest BCUT2D eigenvalue weighted by Crippen LogP contribution is 2.39. The molecule has 2 aromatic heterocycles. The molecule has 1 aliphatic heterocycles. The van der Waals surface area contributed by atoms with Gasteiger partial charge in [-0.25, -0.2) is 14.5 Å². The van der Waals surface area contributed by atoms with Gasteiger partial charge in [-0.3, -0.25) is 4.79 Å². The van der Waals surface area contributed by atoms with E-state index in [-0.39, 0.29) is 36.7 Å². The normalized spacial score (nSPS) is 14.3. The summed E-state index contributed by atoms with van der Waals surface area (Å²) in [5.41, 5.74) is -2.40. The molecule has 38 heavy (non-hydrogen) atoms. The summed E-state index contributed by atoms with van der Waals surface area (Å²) in [5, 5.41) is 6.09. The number of amides is 1. The summed E-state index contributed by atoms with van der Waals surface area (Å²) in [6.45, 7) is 1.51. The summed E-state index contributed by atoms with van der Waals surface area (Å²) in [6.07, 6.45) is -8.26. The quantitative estimate of drug-likeness (QED) is 0.362. The zero-order chi connectivity index (χ0) is 27.8. The fourth-order valence-electron chi connectivity index (χ4n) is 4.12. The monoisotopic (exact) mass is 541 g/mol. The smallest absolute Gasteiger partial charge is 0.436 e. The van der Waals surface area contributed by atoms with Gasteiger partial charge in [0.05, 0.1) is 25.3 Å².